The van der Waals surface area contributed by atoms with Crippen LogP contribution >= 0.6 is 35.0 Å². The first-order valence-corrected chi connectivity index (χ1v) is 9.75. The third-order valence-electron chi connectivity index (χ3n) is 4.30. The minimum Gasteiger partial charge on any atom is -0.348 e. The fourth-order valence-corrected chi connectivity index (χ4v) is 4.71. The van der Waals surface area contributed by atoms with Crippen LogP contribution in [0.15, 0.2) is 12.2 Å². The van der Waals surface area contributed by atoms with Crippen molar-refractivity contribution in [3.63, 3.8) is 0 Å². The Balaban J connectivity index is 1.92. The molecule has 2 N–H and O–H groups in total. The molecule has 0 aromatic heterocycles. The molecule has 4 nitrogen and oxygen atoms in total. The van der Waals surface area contributed by atoms with Crippen LogP contribution in [0.1, 0.15) is 40.0 Å². The zero-order valence-corrected chi connectivity index (χ0v) is 16.0. The van der Waals surface area contributed by atoms with Crippen molar-refractivity contribution in [2.24, 2.45) is 5.92 Å². The van der Waals surface area contributed by atoms with Crippen LogP contribution < -0.4 is 10.6 Å². The van der Waals surface area contributed by atoms with Crippen LogP contribution in [0.4, 0.5) is 0 Å². The fraction of sp³-hybridized carbons (Fsp3) is 0.750. The summed E-state index contributed by atoms with van der Waals surface area (Å²) in [7, 11) is 0. The third-order valence-corrected chi connectivity index (χ3v) is 6.46. The standard InChI is InChI=1S/C16H24Cl2N2O2S/c1-9-8-10(17)4-5-11(9)19-15(22)16(2,3)20-14(21)12-6-7-13(18)23-12/h4-5,9-13H,6-8H2,1-3H3,(H,19,22)(H,20,21). The highest BCUT2D eigenvalue weighted by Gasteiger charge is 2.36. The van der Waals surface area contributed by atoms with Crippen molar-refractivity contribution in [2.45, 2.75) is 67.0 Å². The molecule has 0 bridgehead atoms. The Morgan fingerprint density at radius 3 is 2.48 bits per heavy atom. The Morgan fingerprint density at radius 1 is 1.22 bits per heavy atom. The van der Waals surface area contributed by atoms with E-state index in [0.717, 1.165) is 19.3 Å². The van der Waals surface area contributed by atoms with Gasteiger partial charge in [-0.2, -0.15) is 0 Å². The first-order valence-electron chi connectivity index (χ1n) is 7.94. The average molecular weight is 379 g/mol. The summed E-state index contributed by atoms with van der Waals surface area (Å²) < 4.78 is -0.0144. The van der Waals surface area contributed by atoms with Gasteiger partial charge in [0.2, 0.25) is 11.8 Å². The third kappa shape index (κ3) is 5.04. The summed E-state index contributed by atoms with van der Waals surface area (Å²) in [6, 6.07) is -0.0539. The number of allylic oxidation sites excluding steroid dienone is 1. The van der Waals surface area contributed by atoms with E-state index >= 15 is 0 Å². The summed E-state index contributed by atoms with van der Waals surface area (Å²) in [5.74, 6) is -0.0440. The fourth-order valence-electron chi connectivity index (χ4n) is 2.77. The van der Waals surface area contributed by atoms with E-state index in [-0.39, 0.29) is 39.1 Å². The lowest BCUT2D eigenvalue weighted by molar-refractivity contribution is -0.132. The average Bonchev–Trinajstić information content (AvgIpc) is 2.88. The Hall–Kier alpha value is -0.390. The lowest BCUT2D eigenvalue weighted by Gasteiger charge is -2.32. The minimum atomic E-state index is -0.965. The minimum absolute atomic E-state index is 0.0144. The second-order valence-corrected chi connectivity index (χ2v) is 9.60. The van der Waals surface area contributed by atoms with Crippen LogP contribution in [0.3, 0.4) is 0 Å². The van der Waals surface area contributed by atoms with Gasteiger partial charge in [0.1, 0.15) is 5.54 Å². The van der Waals surface area contributed by atoms with Gasteiger partial charge in [-0.25, -0.2) is 0 Å². The van der Waals surface area contributed by atoms with E-state index in [1.807, 2.05) is 12.2 Å². The van der Waals surface area contributed by atoms with Crippen molar-refractivity contribution < 1.29 is 9.59 Å². The molecule has 2 amide bonds. The lowest BCUT2D eigenvalue weighted by Crippen LogP contribution is -2.58. The molecule has 0 aromatic rings. The van der Waals surface area contributed by atoms with Gasteiger partial charge in [-0.15, -0.1) is 35.0 Å². The molecule has 23 heavy (non-hydrogen) atoms. The number of halogens is 2. The highest BCUT2D eigenvalue weighted by atomic mass is 35.5. The molecule has 130 valence electrons. The number of thioether (sulfide) groups is 1. The Labute approximate surface area is 152 Å². The van der Waals surface area contributed by atoms with Crippen LogP contribution in [0.2, 0.25) is 0 Å². The van der Waals surface area contributed by atoms with E-state index in [4.69, 9.17) is 23.2 Å². The molecule has 0 aromatic carbocycles. The maximum atomic E-state index is 12.5. The number of nitrogens with one attached hydrogen (secondary N) is 2. The summed E-state index contributed by atoms with van der Waals surface area (Å²) in [6.45, 7) is 5.50. The lowest BCUT2D eigenvalue weighted by atomic mass is 9.90. The Kier molecular flexibility index (Phi) is 6.31. The SMILES string of the molecule is CC1CC(Cl)C=CC1NC(=O)C(C)(C)NC(=O)C1CCC(Cl)S1. The van der Waals surface area contributed by atoms with Crippen LogP contribution in [-0.2, 0) is 9.59 Å². The number of carbonyl (C=O) groups excluding carboxylic acids is 2. The van der Waals surface area contributed by atoms with Crippen molar-refractivity contribution in [3.8, 4) is 0 Å². The van der Waals surface area contributed by atoms with E-state index < -0.39 is 5.54 Å². The first-order chi connectivity index (χ1) is 10.7. The summed E-state index contributed by atoms with van der Waals surface area (Å²) >= 11 is 13.6. The molecule has 2 rings (SSSR count). The Morgan fingerprint density at radius 2 is 1.91 bits per heavy atom. The summed E-state index contributed by atoms with van der Waals surface area (Å²) in [5.41, 5.74) is -0.965. The summed E-state index contributed by atoms with van der Waals surface area (Å²) in [6.07, 6.45) is 6.24. The molecule has 1 fully saturated rings. The summed E-state index contributed by atoms with van der Waals surface area (Å²) in [5, 5.41) is 5.70. The summed E-state index contributed by atoms with van der Waals surface area (Å²) in [4.78, 5) is 24.9. The van der Waals surface area contributed by atoms with Gasteiger partial charge in [0, 0.05) is 6.04 Å². The van der Waals surface area contributed by atoms with Crippen molar-refractivity contribution in [3.05, 3.63) is 12.2 Å². The zero-order valence-electron chi connectivity index (χ0n) is 13.6. The van der Waals surface area contributed by atoms with Gasteiger partial charge in [-0.3, -0.25) is 9.59 Å². The molecular weight excluding hydrogens is 355 g/mol. The molecule has 1 heterocycles. The molecule has 7 heteroatoms. The van der Waals surface area contributed by atoms with E-state index in [2.05, 4.69) is 17.6 Å². The van der Waals surface area contributed by atoms with Crippen LogP contribution in [0, 0.1) is 5.92 Å². The molecule has 5 unspecified atom stereocenters. The van der Waals surface area contributed by atoms with Gasteiger partial charge in [-0.05, 0) is 39.0 Å². The number of carbonyl (C=O) groups is 2. The van der Waals surface area contributed by atoms with Crippen LogP contribution in [-0.4, -0.2) is 38.7 Å². The van der Waals surface area contributed by atoms with Crippen molar-refractivity contribution in [2.75, 3.05) is 0 Å². The maximum Gasteiger partial charge on any atom is 0.245 e. The van der Waals surface area contributed by atoms with E-state index in [1.54, 1.807) is 13.8 Å². The van der Waals surface area contributed by atoms with Crippen LogP contribution in [0.5, 0.6) is 0 Å². The number of alkyl halides is 2. The molecule has 5 atom stereocenters. The normalized spacial score (nSPS) is 34.2. The van der Waals surface area contributed by atoms with Gasteiger partial charge in [0.15, 0.2) is 0 Å². The molecule has 1 aliphatic carbocycles. The molecule has 1 aliphatic heterocycles. The van der Waals surface area contributed by atoms with E-state index in [9.17, 15) is 9.59 Å². The highest BCUT2D eigenvalue weighted by Crippen LogP contribution is 2.36. The molecule has 0 saturated carbocycles. The smallest absolute Gasteiger partial charge is 0.245 e. The molecular formula is C16H24Cl2N2O2S. The maximum absolute atomic E-state index is 12.5. The van der Waals surface area contributed by atoms with Gasteiger partial charge in [0.05, 0.1) is 15.3 Å². The molecule has 0 radical (unpaired) electrons. The molecule has 1 saturated heterocycles. The van der Waals surface area contributed by atoms with Gasteiger partial charge < -0.3 is 10.6 Å². The quantitative estimate of drug-likeness (QED) is 0.583. The van der Waals surface area contributed by atoms with Crippen molar-refractivity contribution in [1.29, 1.82) is 0 Å². The second kappa shape index (κ2) is 7.66. The van der Waals surface area contributed by atoms with Crippen LogP contribution in [0.25, 0.3) is 0 Å². The molecule has 2 aliphatic rings. The molecule has 0 spiro atoms. The number of hydrogen-bond donors (Lipinski definition) is 2. The first kappa shape index (κ1) is 18.9. The predicted molar refractivity (Wildman–Crippen MR) is 97.0 cm³/mol. The van der Waals surface area contributed by atoms with Gasteiger partial charge >= 0.3 is 0 Å². The largest absolute Gasteiger partial charge is 0.348 e. The number of hydrogen-bond acceptors (Lipinski definition) is 3. The van der Waals surface area contributed by atoms with E-state index in [0.29, 0.717) is 0 Å². The van der Waals surface area contributed by atoms with Crippen molar-refractivity contribution >= 4 is 46.8 Å². The predicted octanol–water partition coefficient (Wildman–Crippen LogP) is 3.03. The van der Waals surface area contributed by atoms with Crippen molar-refractivity contribution in [1.82, 2.24) is 10.6 Å². The highest BCUT2D eigenvalue weighted by molar-refractivity contribution is 8.02. The number of rotatable bonds is 4. The topological polar surface area (TPSA) is 58.2 Å². The number of amides is 2. The van der Waals surface area contributed by atoms with Gasteiger partial charge in [0.25, 0.3) is 0 Å². The monoisotopic (exact) mass is 378 g/mol. The Bertz CT molecular complexity index is 498. The van der Waals surface area contributed by atoms with Gasteiger partial charge in [-0.1, -0.05) is 19.1 Å². The zero-order chi connectivity index (χ0) is 17.2. The van der Waals surface area contributed by atoms with E-state index in [1.165, 1.54) is 11.8 Å². The second-order valence-electron chi connectivity index (χ2n) is 6.84.